The normalized spacial score (nSPS) is 15.0. The summed E-state index contributed by atoms with van der Waals surface area (Å²) in [6.45, 7) is 1.83. The van der Waals surface area contributed by atoms with Crippen LogP contribution in [-0.2, 0) is 4.79 Å². The van der Waals surface area contributed by atoms with Crippen LogP contribution in [0.3, 0.4) is 0 Å². The third-order valence-electron chi connectivity index (χ3n) is 4.79. The lowest BCUT2D eigenvalue weighted by atomic mass is 10.0. The predicted molar refractivity (Wildman–Crippen MR) is 105 cm³/mol. The molecular formula is C21H16F2N4O3. The van der Waals surface area contributed by atoms with Gasteiger partial charge < -0.3 is 15.7 Å². The van der Waals surface area contributed by atoms with Crippen molar-refractivity contribution in [2.75, 3.05) is 10.6 Å². The van der Waals surface area contributed by atoms with E-state index in [9.17, 15) is 23.5 Å². The van der Waals surface area contributed by atoms with Crippen LogP contribution in [-0.4, -0.2) is 26.8 Å². The van der Waals surface area contributed by atoms with Crippen molar-refractivity contribution in [2.45, 2.75) is 13.0 Å². The van der Waals surface area contributed by atoms with Gasteiger partial charge in [0.1, 0.15) is 34.8 Å². The number of allylic oxidation sites excluding steroid dienone is 1. The van der Waals surface area contributed by atoms with E-state index < -0.39 is 29.6 Å². The lowest BCUT2D eigenvalue weighted by Crippen LogP contribution is -2.26. The summed E-state index contributed by atoms with van der Waals surface area (Å²) in [5.41, 5.74) is 1.29. The van der Waals surface area contributed by atoms with Crippen molar-refractivity contribution in [3.63, 3.8) is 0 Å². The maximum atomic E-state index is 14.4. The van der Waals surface area contributed by atoms with Gasteiger partial charge in [0.25, 0.3) is 5.91 Å². The Labute approximate surface area is 169 Å². The minimum Gasteiger partial charge on any atom is -0.477 e. The fourth-order valence-corrected chi connectivity index (χ4v) is 3.25. The number of hydrogen-bond acceptors (Lipinski definition) is 4. The average molecular weight is 410 g/mol. The second-order valence-corrected chi connectivity index (χ2v) is 6.74. The highest BCUT2D eigenvalue weighted by atomic mass is 19.1. The molecule has 0 spiro atoms. The minimum atomic E-state index is -1.29. The first-order valence-electron chi connectivity index (χ1n) is 8.96. The molecule has 0 saturated carbocycles. The number of rotatable bonds is 4. The third-order valence-corrected chi connectivity index (χ3v) is 4.79. The van der Waals surface area contributed by atoms with E-state index in [1.54, 1.807) is 12.1 Å². The number of aryl methyl sites for hydroxylation is 1. The van der Waals surface area contributed by atoms with E-state index in [1.807, 2.05) is 19.1 Å². The zero-order valence-electron chi connectivity index (χ0n) is 15.7. The molecule has 3 N–H and O–H groups in total. The number of anilines is 2. The lowest BCUT2D eigenvalue weighted by molar-refractivity contribution is -0.132. The quantitative estimate of drug-likeness (QED) is 0.610. The number of benzene rings is 2. The first-order chi connectivity index (χ1) is 14.3. The number of nitrogens with one attached hydrogen (secondary N) is 2. The molecule has 0 radical (unpaired) electrons. The molecule has 4 rings (SSSR count). The van der Waals surface area contributed by atoms with Crippen molar-refractivity contribution in [1.82, 2.24) is 9.78 Å². The van der Waals surface area contributed by atoms with E-state index in [1.165, 1.54) is 23.0 Å². The number of carbonyl (C=O) groups is 2. The van der Waals surface area contributed by atoms with Crippen molar-refractivity contribution in [2.24, 2.45) is 0 Å². The molecule has 1 aromatic heterocycles. The van der Waals surface area contributed by atoms with Gasteiger partial charge in [-0.3, -0.25) is 4.79 Å². The van der Waals surface area contributed by atoms with E-state index in [4.69, 9.17) is 0 Å². The second kappa shape index (κ2) is 7.43. The van der Waals surface area contributed by atoms with Gasteiger partial charge in [-0.1, -0.05) is 24.3 Å². The highest BCUT2D eigenvalue weighted by Gasteiger charge is 2.31. The number of nitrogens with zero attached hydrogens (tertiary/aromatic N) is 2. The molecule has 30 heavy (non-hydrogen) atoms. The number of aromatic nitrogens is 2. The smallest absolute Gasteiger partial charge is 0.352 e. The van der Waals surface area contributed by atoms with Gasteiger partial charge in [0.05, 0.1) is 6.20 Å². The number of hydrogen-bond donors (Lipinski definition) is 3. The van der Waals surface area contributed by atoms with Gasteiger partial charge >= 0.3 is 5.97 Å². The van der Waals surface area contributed by atoms with Gasteiger partial charge in [-0.25, -0.2) is 18.3 Å². The van der Waals surface area contributed by atoms with E-state index in [2.05, 4.69) is 15.7 Å². The lowest BCUT2D eigenvalue weighted by Gasteiger charge is -2.24. The molecule has 1 aliphatic rings. The van der Waals surface area contributed by atoms with Gasteiger partial charge in [0, 0.05) is 17.3 Å². The maximum Gasteiger partial charge on any atom is 0.352 e. The molecule has 1 atom stereocenters. The summed E-state index contributed by atoms with van der Waals surface area (Å²) >= 11 is 0. The molecule has 1 aliphatic heterocycles. The molecule has 1 amide bonds. The summed E-state index contributed by atoms with van der Waals surface area (Å²) in [5, 5.41) is 19.0. The van der Waals surface area contributed by atoms with E-state index in [0.29, 0.717) is 11.8 Å². The standard InChI is InChI=1S/C21H16F2N4O3/c1-11-4-2-3-5-16(11)26-20(28)14-10-24-27-18(9-17(21(29)30)25-19(14)27)13-7-6-12(22)8-15(13)23/h2-10,18,25H,1H3,(H,26,28)(H,29,30)/t18-/m0/s1. The molecule has 0 bridgehead atoms. The zero-order valence-corrected chi connectivity index (χ0v) is 15.7. The first kappa shape index (κ1) is 19.3. The molecule has 0 unspecified atom stereocenters. The van der Waals surface area contributed by atoms with Crippen molar-refractivity contribution in [3.8, 4) is 0 Å². The Morgan fingerprint density at radius 1 is 1.20 bits per heavy atom. The Bertz CT molecular complexity index is 1200. The zero-order chi connectivity index (χ0) is 21.4. The van der Waals surface area contributed by atoms with Crippen LogP contribution in [0.4, 0.5) is 20.3 Å². The topological polar surface area (TPSA) is 96.3 Å². The second-order valence-electron chi connectivity index (χ2n) is 6.74. The van der Waals surface area contributed by atoms with Crippen LogP contribution in [0.25, 0.3) is 0 Å². The number of halogens is 2. The van der Waals surface area contributed by atoms with Crippen molar-refractivity contribution in [3.05, 3.63) is 88.8 Å². The van der Waals surface area contributed by atoms with Gasteiger partial charge in [0.15, 0.2) is 0 Å². The Balaban J connectivity index is 1.76. The van der Waals surface area contributed by atoms with Gasteiger partial charge in [-0.05, 0) is 30.7 Å². The van der Waals surface area contributed by atoms with Gasteiger partial charge in [-0.2, -0.15) is 5.10 Å². The summed E-state index contributed by atoms with van der Waals surface area (Å²) in [7, 11) is 0. The molecule has 3 aromatic rings. The van der Waals surface area contributed by atoms with Gasteiger partial charge in [-0.15, -0.1) is 0 Å². The number of carbonyl (C=O) groups excluding carboxylic acids is 1. The molecule has 0 aliphatic carbocycles. The first-order valence-corrected chi connectivity index (χ1v) is 8.96. The van der Waals surface area contributed by atoms with Crippen LogP contribution in [0.2, 0.25) is 0 Å². The largest absolute Gasteiger partial charge is 0.477 e. The van der Waals surface area contributed by atoms with E-state index in [-0.39, 0.29) is 22.6 Å². The number of para-hydroxylation sites is 1. The number of carboxylic acid groups (broad SMARTS) is 1. The Morgan fingerprint density at radius 3 is 2.67 bits per heavy atom. The Kier molecular flexibility index (Phi) is 4.78. The molecule has 7 nitrogen and oxygen atoms in total. The number of amides is 1. The van der Waals surface area contributed by atoms with E-state index >= 15 is 0 Å². The molecule has 0 fully saturated rings. The molecule has 2 aromatic carbocycles. The molecular weight excluding hydrogens is 394 g/mol. The summed E-state index contributed by atoms with van der Waals surface area (Å²) in [6.07, 6.45) is 2.52. The molecule has 0 saturated heterocycles. The maximum absolute atomic E-state index is 14.4. The fourth-order valence-electron chi connectivity index (χ4n) is 3.25. The van der Waals surface area contributed by atoms with Gasteiger partial charge in [0.2, 0.25) is 0 Å². The Morgan fingerprint density at radius 2 is 1.97 bits per heavy atom. The average Bonchev–Trinajstić information content (AvgIpc) is 3.13. The highest BCUT2D eigenvalue weighted by molar-refractivity contribution is 6.08. The summed E-state index contributed by atoms with van der Waals surface area (Å²) in [5.74, 6) is -3.32. The summed E-state index contributed by atoms with van der Waals surface area (Å²) in [4.78, 5) is 24.4. The molecule has 9 heteroatoms. The number of fused-ring (bicyclic) bond motifs is 1. The monoisotopic (exact) mass is 410 g/mol. The summed E-state index contributed by atoms with van der Waals surface area (Å²) < 4.78 is 29.0. The number of carboxylic acids is 1. The van der Waals surface area contributed by atoms with Crippen LogP contribution in [0.5, 0.6) is 0 Å². The van der Waals surface area contributed by atoms with Crippen LogP contribution in [0.15, 0.2) is 60.4 Å². The van der Waals surface area contributed by atoms with Crippen molar-refractivity contribution < 1.29 is 23.5 Å². The van der Waals surface area contributed by atoms with Crippen molar-refractivity contribution >= 4 is 23.4 Å². The Hall–Kier alpha value is -4.01. The van der Waals surface area contributed by atoms with Crippen LogP contribution in [0.1, 0.15) is 27.5 Å². The predicted octanol–water partition coefficient (Wildman–Crippen LogP) is 3.71. The van der Waals surface area contributed by atoms with Crippen LogP contribution >= 0.6 is 0 Å². The summed E-state index contributed by atoms with van der Waals surface area (Å²) in [6, 6.07) is 9.19. The molecule has 152 valence electrons. The fraction of sp³-hybridized carbons (Fsp3) is 0.0952. The van der Waals surface area contributed by atoms with E-state index in [0.717, 1.165) is 11.6 Å². The SMILES string of the molecule is Cc1ccccc1NC(=O)c1cnn2c1NC(C(=O)O)=C[C@H]2c1ccc(F)cc1F. The molecule has 2 heterocycles. The third kappa shape index (κ3) is 3.41. The highest BCUT2D eigenvalue weighted by Crippen LogP contribution is 2.33. The van der Waals surface area contributed by atoms with Crippen LogP contribution in [0, 0.1) is 18.6 Å². The van der Waals surface area contributed by atoms with Crippen LogP contribution < -0.4 is 10.6 Å². The van der Waals surface area contributed by atoms with Crippen molar-refractivity contribution in [1.29, 1.82) is 0 Å². The number of aliphatic carboxylic acids is 1. The minimum absolute atomic E-state index is 0.0202.